The lowest BCUT2D eigenvalue weighted by Gasteiger charge is -2.40. The van der Waals surface area contributed by atoms with Gasteiger partial charge in [0.05, 0.1) is 59.1 Å². The summed E-state index contributed by atoms with van der Waals surface area (Å²) in [7, 11) is 0. The molecule has 4 aliphatic rings. The first-order valence-corrected chi connectivity index (χ1v) is 26.6. The summed E-state index contributed by atoms with van der Waals surface area (Å²) in [6, 6.07) is 12.9. The molecule has 3 aliphatic heterocycles. The number of halogens is 1. The summed E-state index contributed by atoms with van der Waals surface area (Å²) in [5.41, 5.74) is 7.94. The van der Waals surface area contributed by atoms with Crippen LogP contribution in [0.2, 0.25) is 5.02 Å². The third-order valence-corrected chi connectivity index (χ3v) is 16.7. The number of carbonyl (C=O) groups excluding carboxylic acids is 4. The molecule has 16 nitrogen and oxygen atoms in total. The lowest BCUT2D eigenvalue weighted by Crippen LogP contribution is -2.59. The second kappa shape index (κ2) is 21.0. The summed E-state index contributed by atoms with van der Waals surface area (Å²) < 4.78 is 8.45. The number of hydrogen-bond donors (Lipinski definition) is 4. The maximum absolute atomic E-state index is 14.3. The summed E-state index contributed by atoms with van der Waals surface area (Å²) >= 11 is 9.50. The number of thiophene rings is 1. The van der Waals surface area contributed by atoms with Gasteiger partial charge < -0.3 is 30.7 Å². The van der Waals surface area contributed by atoms with E-state index in [1.54, 1.807) is 29.0 Å². The van der Waals surface area contributed by atoms with E-state index in [-0.39, 0.29) is 67.9 Å². The maximum atomic E-state index is 14.3. The van der Waals surface area contributed by atoms with Crippen LogP contribution in [0.5, 0.6) is 0 Å². The smallest absolute Gasteiger partial charge is 0.246 e. The molecule has 0 radical (unpaired) electrons. The first kappa shape index (κ1) is 50.6. The van der Waals surface area contributed by atoms with E-state index in [1.807, 2.05) is 93.2 Å². The zero-order valence-corrected chi connectivity index (χ0v) is 43.7. The zero-order valence-electron chi connectivity index (χ0n) is 41.3. The highest BCUT2D eigenvalue weighted by molar-refractivity contribution is 7.15. The van der Waals surface area contributed by atoms with Crippen LogP contribution in [0.3, 0.4) is 0 Å². The van der Waals surface area contributed by atoms with Crippen molar-refractivity contribution in [3.8, 4) is 15.4 Å². The molecule has 3 fully saturated rings. The monoisotopic (exact) mass is 1020 g/mol. The molecule has 5 atom stereocenters. The van der Waals surface area contributed by atoms with E-state index in [1.165, 1.54) is 9.78 Å². The largest absolute Gasteiger partial charge is 0.391 e. The summed E-state index contributed by atoms with van der Waals surface area (Å²) in [5.74, 6) is -0.511. The Balaban J connectivity index is 0.730. The van der Waals surface area contributed by atoms with E-state index in [0.29, 0.717) is 36.8 Å². The Kier molecular flexibility index (Phi) is 15.0. The predicted octanol–water partition coefficient (Wildman–Crippen LogP) is 6.81. The van der Waals surface area contributed by atoms with Crippen LogP contribution in [-0.4, -0.2) is 127 Å². The highest BCUT2D eigenvalue weighted by atomic mass is 35.5. The highest BCUT2D eigenvalue weighted by Gasteiger charge is 2.45. The minimum atomic E-state index is -0.918. The molecule has 5 aromatic rings. The van der Waals surface area contributed by atoms with Crippen LogP contribution in [0.15, 0.2) is 65.4 Å². The van der Waals surface area contributed by atoms with Crippen LogP contribution in [0, 0.1) is 26.2 Å². The first-order valence-electron chi connectivity index (χ1n) is 24.5. The summed E-state index contributed by atoms with van der Waals surface area (Å²) in [6.07, 6.45) is 4.04. The number of thiazole rings is 1. The number of piperidine rings is 1. The van der Waals surface area contributed by atoms with Crippen molar-refractivity contribution in [1.82, 2.24) is 45.5 Å². The molecule has 9 rings (SSSR count). The number of nitrogens with zero attached hydrogens (tertiary/aromatic N) is 7. The molecule has 1 aliphatic carbocycles. The van der Waals surface area contributed by atoms with E-state index in [0.717, 1.165) is 61.9 Å². The number of aliphatic imine (C=N–C) groups is 1. The van der Waals surface area contributed by atoms with E-state index in [9.17, 15) is 24.3 Å². The number of likely N-dealkylation sites (tertiary alicyclic amines) is 2. The number of aliphatic hydroxyl groups is 1. The maximum Gasteiger partial charge on any atom is 0.246 e. The first-order chi connectivity index (χ1) is 33.9. The average molecular weight is 1020 g/mol. The number of rotatable bonds is 14. The molecule has 1 saturated carbocycles. The molecule has 0 spiro atoms. The van der Waals surface area contributed by atoms with E-state index in [2.05, 4.69) is 49.9 Å². The second-order valence-electron chi connectivity index (χ2n) is 20.6. The Morgan fingerprint density at radius 2 is 1.63 bits per heavy atom. The second-order valence-corrected chi connectivity index (χ2v) is 23.1. The standard InChI is InChI=1S/C52H63ClN10O6S2/c1-28-31(4)71-51-44(28)45(33-12-14-35(53)15-13-33)58-40(48-60-55-26-63(48)51)23-42(65)57-36-20-39(21-36)69-38-16-18-61(19-17-38)25-43(66)59-47(52(5,6)7)50(68)62-24-37(64)22-41(62)49(67)56-29(2)32-8-10-34(11-9-32)46-30(3)54-27-70-46/h8-15,26-27,29,36-41,47,64H,16-25H2,1-7H3,(H,56,67)(H,57,65)(H,59,66)/t29-,36?,37+,39?,40-,41-,47+/m0/s1. The van der Waals surface area contributed by atoms with Crippen molar-refractivity contribution < 1.29 is 29.0 Å². The number of aromatic nitrogens is 4. The Bertz CT molecular complexity index is 2790. The minimum absolute atomic E-state index is 0.00162. The molecule has 4 amide bonds. The van der Waals surface area contributed by atoms with Crippen LogP contribution in [0.25, 0.3) is 15.4 Å². The summed E-state index contributed by atoms with van der Waals surface area (Å²) in [6.45, 7) is 15.1. The van der Waals surface area contributed by atoms with E-state index in [4.69, 9.17) is 21.3 Å². The molecule has 2 saturated heterocycles. The summed E-state index contributed by atoms with van der Waals surface area (Å²) in [4.78, 5) is 70.6. The van der Waals surface area contributed by atoms with Gasteiger partial charge in [-0.25, -0.2) is 4.98 Å². The number of aliphatic hydroxyl groups excluding tert-OH is 1. The van der Waals surface area contributed by atoms with Gasteiger partial charge in [-0.15, -0.1) is 32.9 Å². The third-order valence-electron chi connectivity index (χ3n) is 14.3. The molecule has 4 N–H and O–H groups in total. The number of nitrogens with one attached hydrogen (secondary N) is 3. The van der Waals surface area contributed by atoms with Crippen molar-refractivity contribution in [2.45, 2.75) is 136 Å². The highest BCUT2D eigenvalue weighted by Crippen LogP contribution is 2.39. The summed E-state index contributed by atoms with van der Waals surface area (Å²) in [5, 5.41) is 30.3. The minimum Gasteiger partial charge on any atom is -0.391 e. The van der Waals surface area contributed by atoms with Gasteiger partial charge in [0.15, 0.2) is 5.82 Å². The number of amides is 4. The zero-order chi connectivity index (χ0) is 50.3. The molecule has 3 aromatic heterocycles. The Morgan fingerprint density at radius 1 is 0.930 bits per heavy atom. The SMILES string of the molecule is Cc1ncsc1-c1ccc([C@H](C)NC(=O)[C@@H]2C[C@@H](O)CN2C(=O)[C@@H](NC(=O)CN2CCC(OC3CC(NC(=O)C[C@@H]4N=C(c5ccc(Cl)cc5)c5c(sc(C)c5C)-n5cnnc54)C3)CC2)C(C)(C)C)cc1. The molecule has 0 bridgehead atoms. The Hall–Kier alpha value is -5.37. The van der Waals surface area contributed by atoms with Crippen LogP contribution in [0.1, 0.15) is 117 Å². The van der Waals surface area contributed by atoms with Crippen LogP contribution in [0.4, 0.5) is 0 Å². The van der Waals surface area contributed by atoms with Crippen molar-refractivity contribution in [3.05, 3.63) is 104 Å². The van der Waals surface area contributed by atoms with Crippen molar-refractivity contribution in [1.29, 1.82) is 0 Å². The molecular weight excluding hydrogens is 960 g/mol. The molecule has 2 aromatic carbocycles. The van der Waals surface area contributed by atoms with Gasteiger partial charge >= 0.3 is 0 Å². The number of benzene rings is 2. The molecular formula is C52H63ClN10O6S2. The number of fused-ring (bicyclic) bond motifs is 3. The predicted molar refractivity (Wildman–Crippen MR) is 275 cm³/mol. The van der Waals surface area contributed by atoms with E-state index < -0.39 is 35.6 Å². The van der Waals surface area contributed by atoms with Gasteiger partial charge in [-0.05, 0) is 87.6 Å². The number of carbonyl (C=O) groups is 4. The van der Waals surface area contributed by atoms with Gasteiger partial charge in [-0.2, -0.15) is 0 Å². The topological polar surface area (TPSA) is 196 Å². The number of aryl methyl sites for hydroxylation is 2. The normalized spacial score (nSPS) is 22.4. The lowest BCUT2D eigenvalue weighted by molar-refractivity contribution is -0.144. The molecule has 0 unspecified atom stereocenters. The quantitative estimate of drug-likeness (QED) is 0.0918. The molecule has 19 heteroatoms. The van der Waals surface area contributed by atoms with Crippen molar-refractivity contribution >= 4 is 63.6 Å². The number of ether oxygens (including phenoxy) is 1. The van der Waals surface area contributed by atoms with Crippen molar-refractivity contribution in [3.63, 3.8) is 0 Å². The molecule has 6 heterocycles. The van der Waals surface area contributed by atoms with Gasteiger partial charge in [0.1, 0.15) is 29.5 Å². The van der Waals surface area contributed by atoms with Gasteiger partial charge in [0.2, 0.25) is 23.6 Å². The number of hydrogen-bond acceptors (Lipinski definition) is 13. The van der Waals surface area contributed by atoms with E-state index >= 15 is 0 Å². The van der Waals surface area contributed by atoms with Crippen LogP contribution >= 0.6 is 34.3 Å². The fourth-order valence-corrected chi connectivity index (χ4v) is 12.2. The third kappa shape index (κ3) is 11.2. The van der Waals surface area contributed by atoms with Crippen molar-refractivity contribution in [2.75, 3.05) is 26.2 Å². The van der Waals surface area contributed by atoms with Crippen molar-refractivity contribution in [2.24, 2.45) is 10.4 Å². The van der Waals surface area contributed by atoms with Gasteiger partial charge in [-0.1, -0.05) is 68.8 Å². The van der Waals surface area contributed by atoms with Crippen LogP contribution in [-0.2, 0) is 23.9 Å². The number of β-amino-alcohol motifs (C(OH)–C–C–N with tert-alkyl or cyclic N) is 1. The average Bonchev–Trinajstić information content (AvgIpc) is 4.12. The van der Waals surface area contributed by atoms with Gasteiger partial charge in [0, 0.05) is 53.1 Å². The molecule has 376 valence electrons. The van der Waals surface area contributed by atoms with Gasteiger partial charge in [0.25, 0.3) is 0 Å². The Morgan fingerprint density at radius 3 is 2.31 bits per heavy atom. The fourth-order valence-electron chi connectivity index (χ4n) is 10.1. The fraction of sp³-hybridized carbons (Fsp3) is 0.500. The van der Waals surface area contributed by atoms with Crippen LogP contribution < -0.4 is 16.0 Å². The lowest BCUT2D eigenvalue weighted by atomic mass is 9.85. The molecule has 71 heavy (non-hydrogen) atoms. The van der Waals surface area contributed by atoms with Gasteiger partial charge in [-0.3, -0.25) is 33.6 Å². The Labute approximate surface area is 427 Å².